The van der Waals surface area contributed by atoms with Gasteiger partial charge in [-0.05, 0) is 47.0 Å². The van der Waals surface area contributed by atoms with Gasteiger partial charge in [-0.15, -0.1) is 0 Å². The van der Waals surface area contributed by atoms with E-state index < -0.39 is 15.9 Å². The van der Waals surface area contributed by atoms with E-state index in [0.717, 1.165) is 12.8 Å². The van der Waals surface area contributed by atoms with Crippen LogP contribution in [0, 0.1) is 0 Å². The second kappa shape index (κ2) is 7.87. The fourth-order valence-electron chi connectivity index (χ4n) is 2.41. The lowest BCUT2D eigenvalue weighted by atomic mass is 10.2. The summed E-state index contributed by atoms with van der Waals surface area (Å²) in [6.07, 6.45) is 1.67. The third-order valence-corrected chi connectivity index (χ3v) is 6.21. The first-order valence-electron chi connectivity index (χ1n) is 8.18. The van der Waals surface area contributed by atoms with E-state index >= 15 is 0 Å². The molecular weight excluding hydrogens is 436 g/mol. The van der Waals surface area contributed by atoms with Gasteiger partial charge in [0.2, 0.25) is 10.0 Å². The molecule has 0 unspecified atom stereocenters. The Kier molecular flexibility index (Phi) is 5.73. The van der Waals surface area contributed by atoms with E-state index in [-0.39, 0.29) is 16.5 Å². The first kappa shape index (κ1) is 19.7. The van der Waals surface area contributed by atoms with E-state index in [2.05, 4.69) is 26.0 Å². The molecule has 1 aliphatic rings. The summed E-state index contributed by atoms with van der Waals surface area (Å²) >= 11 is 3.31. The number of methoxy groups -OCH3 is 2. The smallest absolute Gasteiger partial charge is 0.256 e. The molecule has 144 valence electrons. The number of amides is 1. The molecule has 27 heavy (non-hydrogen) atoms. The van der Waals surface area contributed by atoms with Crippen molar-refractivity contribution in [3.8, 4) is 11.5 Å². The van der Waals surface area contributed by atoms with Crippen molar-refractivity contribution in [1.29, 1.82) is 0 Å². The molecule has 7 nitrogen and oxygen atoms in total. The number of nitrogens with one attached hydrogen (secondary N) is 2. The highest BCUT2D eigenvalue weighted by Gasteiger charge is 2.28. The van der Waals surface area contributed by atoms with Crippen LogP contribution in [0.5, 0.6) is 11.5 Å². The van der Waals surface area contributed by atoms with Crippen molar-refractivity contribution in [2.75, 3.05) is 19.5 Å². The molecule has 0 heterocycles. The molecule has 0 radical (unpaired) electrons. The van der Waals surface area contributed by atoms with Gasteiger partial charge in [-0.2, -0.15) is 0 Å². The number of carbonyl (C=O) groups is 1. The quantitative estimate of drug-likeness (QED) is 0.669. The summed E-state index contributed by atoms with van der Waals surface area (Å²) in [4.78, 5) is 12.8. The Balaban J connectivity index is 1.87. The molecule has 3 rings (SSSR count). The van der Waals surface area contributed by atoms with Crippen molar-refractivity contribution in [2.45, 2.75) is 23.8 Å². The van der Waals surface area contributed by atoms with Crippen LogP contribution in [0.4, 0.5) is 5.69 Å². The van der Waals surface area contributed by atoms with E-state index in [1.54, 1.807) is 24.3 Å². The molecule has 1 amide bonds. The van der Waals surface area contributed by atoms with Gasteiger partial charge in [0.25, 0.3) is 5.91 Å². The monoisotopic (exact) mass is 454 g/mol. The molecular formula is C18H19BrN2O5S. The van der Waals surface area contributed by atoms with Crippen molar-refractivity contribution in [2.24, 2.45) is 0 Å². The van der Waals surface area contributed by atoms with Gasteiger partial charge < -0.3 is 14.8 Å². The summed E-state index contributed by atoms with van der Waals surface area (Å²) in [6.45, 7) is 0. The second-order valence-electron chi connectivity index (χ2n) is 6.09. The van der Waals surface area contributed by atoms with E-state index in [1.807, 2.05) is 0 Å². The summed E-state index contributed by atoms with van der Waals surface area (Å²) in [7, 11) is -0.631. The van der Waals surface area contributed by atoms with Crippen molar-refractivity contribution in [1.82, 2.24) is 4.72 Å². The van der Waals surface area contributed by atoms with Crippen LogP contribution in [-0.4, -0.2) is 34.6 Å². The Morgan fingerprint density at radius 2 is 1.70 bits per heavy atom. The Hall–Kier alpha value is -2.10. The normalized spacial score (nSPS) is 13.9. The highest BCUT2D eigenvalue weighted by Crippen LogP contribution is 2.28. The van der Waals surface area contributed by atoms with Crippen molar-refractivity contribution in [3.63, 3.8) is 0 Å². The van der Waals surface area contributed by atoms with E-state index in [1.165, 1.54) is 26.4 Å². The third kappa shape index (κ3) is 4.79. The maximum atomic E-state index is 12.7. The first-order chi connectivity index (χ1) is 12.8. The average molecular weight is 455 g/mol. The Labute approximate surface area is 166 Å². The molecule has 2 aromatic rings. The van der Waals surface area contributed by atoms with E-state index in [4.69, 9.17) is 9.47 Å². The Morgan fingerprint density at radius 1 is 1.07 bits per heavy atom. The Bertz CT molecular complexity index is 951. The third-order valence-electron chi connectivity index (χ3n) is 4.00. The fourth-order valence-corrected chi connectivity index (χ4v) is 4.17. The van der Waals surface area contributed by atoms with Crippen molar-refractivity contribution in [3.05, 3.63) is 46.4 Å². The predicted octanol–water partition coefficient (Wildman–Crippen LogP) is 3.16. The summed E-state index contributed by atoms with van der Waals surface area (Å²) in [5.41, 5.74) is 0.669. The summed E-state index contributed by atoms with van der Waals surface area (Å²) in [5.74, 6) is 0.586. The highest BCUT2D eigenvalue weighted by molar-refractivity contribution is 9.10. The van der Waals surface area contributed by atoms with Gasteiger partial charge in [0, 0.05) is 34.4 Å². The molecule has 2 N–H and O–H groups in total. The van der Waals surface area contributed by atoms with Crippen LogP contribution >= 0.6 is 15.9 Å². The number of benzene rings is 2. The van der Waals surface area contributed by atoms with Gasteiger partial charge in [0.05, 0.1) is 24.7 Å². The second-order valence-corrected chi connectivity index (χ2v) is 8.66. The number of ether oxygens (including phenoxy) is 2. The largest absolute Gasteiger partial charge is 0.497 e. The molecule has 2 aromatic carbocycles. The van der Waals surface area contributed by atoms with E-state index in [9.17, 15) is 13.2 Å². The molecule has 1 saturated carbocycles. The van der Waals surface area contributed by atoms with Gasteiger partial charge in [-0.3, -0.25) is 4.79 Å². The van der Waals surface area contributed by atoms with Crippen LogP contribution in [-0.2, 0) is 10.0 Å². The van der Waals surface area contributed by atoms with Gasteiger partial charge >= 0.3 is 0 Å². The number of sulfonamides is 1. The maximum absolute atomic E-state index is 12.7. The Morgan fingerprint density at radius 3 is 2.26 bits per heavy atom. The molecule has 0 saturated heterocycles. The van der Waals surface area contributed by atoms with Gasteiger partial charge in [-0.1, -0.05) is 0 Å². The number of hydrogen-bond acceptors (Lipinski definition) is 5. The van der Waals surface area contributed by atoms with Crippen LogP contribution in [0.15, 0.2) is 45.8 Å². The lowest BCUT2D eigenvalue weighted by molar-refractivity contribution is 0.102. The minimum atomic E-state index is -3.65. The standard InChI is InChI=1S/C18H19BrN2O5S/c1-25-13-7-12(8-14(9-13)26-2)20-18(22)16-10-15(5-6-17(16)19)27(23,24)21-11-3-4-11/h5-11,21H,3-4H2,1-2H3,(H,20,22). The minimum Gasteiger partial charge on any atom is -0.497 e. The zero-order valence-corrected chi connectivity index (χ0v) is 17.2. The molecule has 0 aromatic heterocycles. The van der Waals surface area contributed by atoms with Gasteiger partial charge in [-0.25, -0.2) is 13.1 Å². The topological polar surface area (TPSA) is 93.7 Å². The molecule has 0 spiro atoms. The highest BCUT2D eigenvalue weighted by atomic mass is 79.9. The van der Waals surface area contributed by atoms with Gasteiger partial charge in [0.15, 0.2) is 0 Å². The number of hydrogen-bond donors (Lipinski definition) is 2. The zero-order chi connectivity index (χ0) is 19.6. The number of carbonyl (C=O) groups excluding carboxylic acids is 1. The molecule has 0 atom stereocenters. The SMILES string of the molecule is COc1cc(NC(=O)c2cc(S(=O)(=O)NC3CC3)ccc2Br)cc(OC)c1. The number of halogens is 1. The zero-order valence-electron chi connectivity index (χ0n) is 14.8. The van der Waals surface area contributed by atoms with Crippen LogP contribution in [0.1, 0.15) is 23.2 Å². The van der Waals surface area contributed by atoms with Crippen molar-refractivity contribution < 1.29 is 22.7 Å². The van der Waals surface area contributed by atoms with Crippen LogP contribution in [0.25, 0.3) is 0 Å². The van der Waals surface area contributed by atoms with Crippen LogP contribution in [0.3, 0.4) is 0 Å². The summed E-state index contributed by atoms with van der Waals surface area (Å²) in [6, 6.07) is 9.31. The van der Waals surface area contributed by atoms with E-state index in [0.29, 0.717) is 21.7 Å². The first-order valence-corrected chi connectivity index (χ1v) is 10.5. The molecule has 1 fully saturated rings. The molecule has 0 aliphatic heterocycles. The fraction of sp³-hybridized carbons (Fsp3) is 0.278. The number of anilines is 1. The van der Waals surface area contributed by atoms with Crippen LogP contribution in [0.2, 0.25) is 0 Å². The van der Waals surface area contributed by atoms with Gasteiger partial charge in [0.1, 0.15) is 11.5 Å². The summed E-state index contributed by atoms with van der Waals surface area (Å²) in [5, 5.41) is 2.74. The lowest BCUT2D eigenvalue weighted by Crippen LogP contribution is -2.26. The lowest BCUT2D eigenvalue weighted by Gasteiger charge is -2.12. The molecule has 9 heteroatoms. The maximum Gasteiger partial charge on any atom is 0.256 e. The molecule has 1 aliphatic carbocycles. The number of rotatable bonds is 7. The summed E-state index contributed by atoms with van der Waals surface area (Å²) < 4.78 is 38.3. The minimum absolute atomic E-state index is 0.0137. The molecule has 0 bridgehead atoms. The average Bonchev–Trinajstić information content (AvgIpc) is 3.44. The van der Waals surface area contributed by atoms with Crippen molar-refractivity contribution >= 4 is 37.5 Å². The van der Waals surface area contributed by atoms with Crippen LogP contribution < -0.4 is 19.5 Å². The predicted molar refractivity (Wildman–Crippen MR) is 105 cm³/mol.